The minimum absolute atomic E-state index is 0.0178. The van der Waals surface area contributed by atoms with Crippen molar-refractivity contribution in [1.29, 1.82) is 0 Å². The Bertz CT molecular complexity index is 1250. The van der Waals surface area contributed by atoms with Gasteiger partial charge in [0.15, 0.2) is 16.6 Å². The van der Waals surface area contributed by atoms with Crippen LogP contribution in [0.1, 0.15) is 34.6 Å². The zero-order chi connectivity index (χ0) is 20.2. The number of carbonyl (C=O) groups is 1. The molecular formula is C20H17ClN4O2S2. The molecule has 0 radical (unpaired) electrons. The molecule has 0 N–H and O–H groups in total. The molecular weight excluding hydrogens is 428 g/mol. The van der Waals surface area contributed by atoms with Gasteiger partial charge in [0.05, 0.1) is 23.3 Å². The smallest absolute Gasteiger partial charge is 0.197 e. The lowest BCUT2D eigenvalue weighted by Gasteiger charge is -2.30. The van der Waals surface area contributed by atoms with E-state index in [1.165, 1.54) is 22.2 Å². The van der Waals surface area contributed by atoms with E-state index in [9.17, 15) is 4.79 Å². The summed E-state index contributed by atoms with van der Waals surface area (Å²) < 4.78 is 7.82. The van der Waals surface area contributed by atoms with Gasteiger partial charge in [0.25, 0.3) is 0 Å². The lowest BCUT2D eigenvalue weighted by molar-refractivity contribution is -0.0379. The van der Waals surface area contributed by atoms with Crippen molar-refractivity contribution in [1.82, 2.24) is 19.6 Å². The summed E-state index contributed by atoms with van der Waals surface area (Å²) >= 11 is 8.90. The average molecular weight is 445 g/mol. The van der Waals surface area contributed by atoms with Gasteiger partial charge in [-0.3, -0.25) is 9.20 Å². The molecule has 9 heteroatoms. The lowest BCUT2D eigenvalue weighted by Crippen LogP contribution is -2.31. The molecule has 3 aromatic heterocycles. The van der Waals surface area contributed by atoms with Crippen LogP contribution in [0.15, 0.2) is 35.7 Å². The zero-order valence-corrected chi connectivity index (χ0v) is 18.2. The zero-order valence-electron chi connectivity index (χ0n) is 15.8. The summed E-state index contributed by atoms with van der Waals surface area (Å²) in [4.78, 5) is 19.2. The van der Waals surface area contributed by atoms with Crippen LogP contribution in [0.25, 0.3) is 15.9 Å². The second kappa shape index (κ2) is 7.05. The predicted molar refractivity (Wildman–Crippen MR) is 115 cm³/mol. The molecule has 1 aromatic carbocycles. The number of rotatable bonds is 4. The number of benzene rings is 1. The minimum Gasteiger partial charge on any atom is -0.370 e. The van der Waals surface area contributed by atoms with E-state index in [0.29, 0.717) is 22.3 Å². The Labute approximate surface area is 180 Å². The highest BCUT2D eigenvalue weighted by Crippen LogP contribution is 2.39. The standard InChI is InChI=1S/C20H17ClN4O2S2/c1-20(2)7-13-15(8-27-20)29-18-16(13)17-23-24-19(25(17)10-22-18)28-9-14(26)11-3-5-12(21)6-4-11/h3-6,10H,7-9H2,1-2H3. The number of halogens is 1. The molecule has 0 spiro atoms. The molecule has 0 saturated carbocycles. The maximum absolute atomic E-state index is 12.5. The van der Waals surface area contributed by atoms with Crippen LogP contribution in [-0.4, -0.2) is 36.7 Å². The predicted octanol–water partition coefficient (Wildman–Crippen LogP) is 4.82. The number of thiophene rings is 1. The molecule has 1 aliphatic rings. The average Bonchev–Trinajstić information content (AvgIpc) is 3.26. The number of carbonyl (C=O) groups excluding carboxylic acids is 1. The Balaban J connectivity index is 1.47. The molecule has 0 aliphatic carbocycles. The van der Waals surface area contributed by atoms with Gasteiger partial charge in [-0.05, 0) is 43.7 Å². The fourth-order valence-electron chi connectivity index (χ4n) is 3.47. The van der Waals surface area contributed by atoms with Crippen molar-refractivity contribution in [3.05, 3.63) is 51.6 Å². The van der Waals surface area contributed by atoms with Crippen LogP contribution >= 0.6 is 34.7 Å². The summed E-state index contributed by atoms with van der Waals surface area (Å²) in [6.07, 6.45) is 2.55. The van der Waals surface area contributed by atoms with Gasteiger partial charge in [0.1, 0.15) is 11.2 Å². The Kier molecular flexibility index (Phi) is 4.62. The van der Waals surface area contributed by atoms with Gasteiger partial charge >= 0.3 is 0 Å². The molecule has 0 bridgehead atoms. The van der Waals surface area contributed by atoms with Gasteiger partial charge in [0.2, 0.25) is 0 Å². The van der Waals surface area contributed by atoms with Crippen LogP contribution in [0.2, 0.25) is 5.02 Å². The summed E-state index contributed by atoms with van der Waals surface area (Å²) in [5.41, 5.74) is 2.45. The first kappa shape index (κ1) is 19.0. The summed E-state index contributed by atoms with van der Waals surface area (Å²) in [5, 5.41) is 11.1. The van der Waals surface area contributed by atoms with Crippen molar-refractivity contribution in [2.24, 2.45) is 0 Å². The number of Topliss-reactive ketones (excluding diaryl/α,β-unsaturated/α-hetero) is 1. The maximum atomic E-state index is 12.5. The molecule has 1 aliphatic heterocycles. The van der Waals surface area contributed by atoms with Crippen LogP contribution in [0.3, 0.4) is 0 Å². The topological polar surface area (TPSA) is 69.4 Å². The highest BCUT2D eigenvalue weighted by Gasteiger charge is 2.31. The van der Waals surface area contributed by atoms with Crippen molar-refractivity contribution in [3.8, 4) is 0 Å². The number of thioether (sulfide) groups is 1. The Hall–Kier alpha value is -2.00. The summed E-state index contributed by atoms with van der Waals surface area (Å²) in [7, 11) is 0. The molecule has 29 heavy (non-hydrogen) atoms. The normalized spacial score (nSPS) is 15.7. The molecule has 0 saturated heterocycles. The number of hydrogen-bond donors (Lipinski definition) is 0. The van der Waals surface area contributed by atoms with Crippen LogP contribution < -0.4 is 0 Å². The summed E-state index contributed by atoms with van der Waals surface area (Å²) in [5.74, 6) is 0.285. The largest absolute Gasteiger partial charge is 0.370 e. The number of nitrogens with zero attached hydrogens (tertiary/aromatic N) is 4. The SMILES string of the molecule is CC1(C)Cc2c(sc3ncn4c(SCC(=O)c5ccc(Cl)cc5)nnc4c23)CO1. The molecule has 5 rings (SSSR count). The van der Waals surface area contributed by atoms with Crippen molar-refractivity contribution in [2.75, 3.05) is 5.75 Å². The fraction of sp³-hybridized carbons (Fsp3) is 0.300. The summed E-state index contributed by atoms with van der Waals surface area (Å²) in [6, 6.07) is 6.91. The molecule has 0 unspecified atom stereocenters. The van der Waals surface area contributed by atoms with E-state index in [2.05, 4.69) is 29.0 Å². The van der Waals surface area contributed by atoms with Crippen LogP contribution in [0.5, 0.6) is 0 Å². The highest BCUT2D eigenvalue weighted by atomic mass is 35.5. The minimum atomic E-state index is -0.212. The van der Waals surface area contributed by atoms with E-state index in [1.807, 2.05) is 4.40 Å². The van der Waals surface area contributed by atoms with Crippen molar-refractivity contribution in [2.45, 2.75) is 37.6 Å². The third kappa shape index (κ3) is 3.44. The van der Waals surface area contributed by atoms with Gasteiger partial charge in [-0.2, -0.15) is 0 Å². The lowest BCUT2D eigenvalue weighted by atomic mass is 9.94. The maximum Gasteiger partial charge on any atom is 0.197 e. The van der Waals surface area contributed by atoms with E-state index in [1.54, 1.807) is 41.9 Å². The van der Waals surface area contributed by atoms with Gasteiger partial charge in [-0.25, -0.2) is 4.98 Å². The second-order valence-corrected chi connectivity index (χ2v) is 10.0. The van der Waals surface area contributed by atoms with E-state index in [-0.39, 0.29) is 17.1 Å². The van der Waals surface area contributed by atoms with Gasteiger partial charge in [-0.15, -0.1) is 21.5 Å². The third-order valence-electron chi connectivity index (χ3n) is 4.95. The van der Waals surface area contributed by atoms with Crippen molar-refractivity contribution < 1.29 is 9.53 Å². The molecule has 0 atom stereocenters. The molecule has 0 amide bonds. The van der Waals surface area contributed by atoms with E-state index < -0.39 is 0 Å². The number of aromatic nitrogens is 4. The van der Waals surface area contributed by atoms with E-state index in [0.717, 1.165) is 22.3 Å². The molecule has 4 heterocycles. The fourth-order valence-corrected chi connectivity index (χ4v) is 5.46. The molecule has 148 valence electrons. The van der Waals surface area contributed by atoms with Gasteiger partial charge in [-0.1, -0.05) is 23.4 Å². The Morgan fingerprint density at radius 1 is 1.31 bits per heavy atom. The number of fused-ring (bicyclic) bond motifs is 5. The third-order valence-corrected chi connectivity index (χ3v) is 7.25. The summed E-state index contributed by atoms with van der Waals surface area (Å²) in [6.45, 7) is 4.79. The van der Waals surface area contributed by atoms with Crippen LogP contribution in [0, 0.1) is 0 Å². The van der Waals surface area contributed by atoms with E-state index in [4.69, 9.17) is 16.3 Å². The van der Waals surface area contributed by atoms with Crippen molar-refractivity contribution in [3.63, 3.8) is 0 Å². The molecule has 6 nitrogen and oxygen atoms in total. The Morgan fingerprint density at radius 3 is 2.90 bits per heavy atom. The number of hydrogen-bond acceptors (Lipinski definition) is 7. The monoisotopic (exact) mass is 444 g/mol. The van der Waals surface area contributed by atoms with Crippen LogP contribution in [0.4, 0.5) is 0 Å². The molecule has 0 fully saturated rings. The highest BCUT2D eigenvalue weighted by molar-refractivity contribution is 7.99. The molecule has 4 aromatic rings. The van der Waals surface area contributed by atoms with Crippen LogP contribution in [-0.2, 0) is 17.8 Å². The van der Waals surface area contributed by atoms with Gasteiger partial charge < -0.3 is 4.74 Å². The number of ketones is 1. The van der Waals surface area contributed by atoms with E-state index >= 15 is 0 Å². The first-order chi connectivity index (χ1) is 13.9. The first-order valence-electron chi connectivity index (χ1n) is 9.11. The van der Waals surface area contributed by atoms with Gasteiger partial charge in [0, 0.05) is 21.9 Å². The first-order valence-corrected chi connectivity index (χ1v) is 11.3. The number of ether oxygens (including phenoxy) is 1. The van der Waals surface area contributed by atoms with Crippen molar-refractivity contribution >= 4 is 56.3 Å². The Morgan fingerprint density at radius 2 is 2.10 bits per heavy atom. The quantitative estimate of drug-likeness (QED) is 0.332. The second-order valence-electron chi connectivity index (χ2n) is 7.55.